The number of nitrogens with zero attached hydrogens (tertiary/aromatic N) is 3. The second-order valence-corrected chi connectivity index (χ2v) is 9.28. The molecule has 5 rings (SSSR count). The Balaban J connectivity index is 1.46. The summed E-state index contributed by atoms with van der Waals surface area (Å²) in [5.41, 5.74) is 2.77. The lowest BCUT2D eigenvalue weighted by atomic mass is 10.0. The van der Waals surface area contributed by atoms with Crippen LogP contribution in [0.3, 0.4) is 0 Å². The van der Waals surface area contributed by atoms with E-state index in [9.17, 15) is 14.4 Å². The minimum atomic E-state index is -0.825. The molecule has 1 saturated heterocycles. The fourth-order valence-corrected chi connectivity index (χ4v) is 5.17. The molecule has 2 aliphatic rings. The van der Waals surface area contributed by atoms with E-state index in [-0.39, 0.29) is 17.7 Å². The third-order valence-electron chi connectivity index (χ3n) is 6.08. The molecule has 0 aliphatic carbocycles. The average molecular weight is 498 g/mol. The van der Waals surface area contributed by atoms with Gasteiger partial charge in [-0.05, 0) is 60.8 Å². The van der Waals surface area contributed by atoms with Crippen molar-refractivity contribution in [3.63, 3.8) is 0 Å². The molecule has 0 spiro atoms. The molecule has 2 N–H and O–H groups in total. The molecule has 2 aliphatic heterocycles. The summed E-state index contributed by atoms with van der Waals surface area (Å²) in [5.74, 6) is -0.364. The molecule has 2 atom stereocenters. The van der Waals surface area contributed by atoms with Gasteiger partial charge in [0.15, 0.2) is 0 Å². The lowest BCUT2D eigenvalue weighted by molar-refractivity contribution is -0.120. The summed E-state index contributed by atoms with van der Waals surface area (Å²) < 4.78 is 9.24. The van der Waals surface area contributed by atoms with Crippen LogP contribution in [0.4, 0.5) is 5.69 Å². The summed E-state index contributed by atoms with van der Waals surface area (Å²) in [6.45, 7) is 2.04. The molecule has 2 aromatic carbocycles. The smallest absolute Gasteiger partial charge is 0.265 e. The van der Waals surface area contributed by atoms with Crippen molar-refractivity contribution in [1.82, 2.24) is 19.8 Å². The first kappa shape index (κ1) is 22.3. The molecule has 3 heterocycles. The first-order valence-corrected chi connectivity index (χ1v) is 11.7. The van der Waals surface area contributed by atoms with Crippen molar-refractivity contribution in [3.8, 4) is 16.9 Å². The maximum Gasteiger partial charge on any atom is 0.265 e. The van der Waals surface area contributed by atoms with Crippen LogP contribution < -0.4 is 15.4 Å². The fourth-order valence-electron chi connectivity index (χ4n) is 4.43. The third-order valence-corrected chi connectivity index (χ3v) is 7.14. The largest absolute Gasteiger partial charge is 0.496 e. The van der Waals surface area contributed by atoms with Crippen molar-refractivity contribution in [1.29, 1.82) is 0 Å². The number of aryl methyl sites for hydroxylation is 1. The van der Waals surface area contributed by atoms with E-state index < -0.39 is 12.1 Å². The Morgan fingerprint density at radius 2 is 2.06 bits per heavy atom. The number of methoxy groups -OCH3 is 1. The molecule has 3 aromatic rings. The maximum absolute atomic E-state index is 13.5. The molecular formula is C23H20ClN5O4S. The minimum absolute atomic E-state index is 0.284. The SMILES string of the molecule is COc1ccc(Cl)cc1-c1ccc2c(c1)C(=O)N1CCC(NC(=O)c3snnc3C)C1C(=O)N2. The van der Waals surface area contributed by atoms with Crippen LogP contribution in [0.2, 0.25) is 5.02 Å². The third kappa shape index (κ3) is 3.78. The lowest BCUT2D eigenvalue weighted by Gasteiger charge is -2.24. The van der Waals surface area contributed by atoms with Crippen LogP contribution in [0.25, 0.3) is 11.1 Å². The predicted octanol–water partition coefficient (Wildman–Crippen LogP) is 3.14. The minimum Gasteiger partial charge on any atom is -0.496 e. The van der Waals surface area contributed by atoms with Crippen molar-refractivity contribution < 1.29 is 19.1 Å². The van der Waals surface area contributed by atoms with Crippen LogP contribution >= 0.6 is 23.1 Å². The zero-order chi connectivity index (χ0) is 24.0. The monoisotopic (exact) mass is 497 g/mol. The van der Waals surface area contributed by atoms with Gasteiger partial charge >= 0.3 is 0 Å². The van der Waals surface area contributed by atoms with E-state index in [0.717, 1.165) is 22.7 Å². The summed E-state index contributed by atoms with van der Waals surface area (Å²) in [6, 6.07) is 9.13. The van der Waals surface area contributed by atoms with Gasteiger partial charge in [-0.1, -0.05) is 22.2 Å². The van der Waals surface area contributed by atoms with Gasteiger partial charge in [0.25, 0.3) is 11.8 Å². The van der Waals surface area contributed by atoms with Gasteiger partial charge < -0.3 is 20.3 Å². The highest BCUT2D eigenvalue weighted by Gasteiger charge is 2.45. The number of ether oxygens (including phenoxy) is 1. The number of benzene rings is 2. The number of anilines is 1. The second-order valence-electron chi connectivity index (χ2n) is 8.09. The van der Waals surface area contributed by atoms with Crippen LogP contribution in [-0.4, -0.2) is 57.9 Å². The zero-order valence-corrected chi connectivity index (χ0v) is 19.9. The number of hydrogen-bond donors (Lipinski definition) is 2. The van der Waals surface area contributed by atoms with Crippen molar-refractivity contribution in [2.24, 2.45) is 0 Å². The number of rotatable bonds is 4. The van der Waals surface area contributed by atoms with Crippen molar-refractivity contribution >= 4 is 46.5 Å². The second kappa shape index (κ2) is 8.69. The lowest BCUT2D eigenvalue weighted by Crippen LogP contribution is -2.51. The highest BCUT2D eigenvalue weighted by molar-refractivity contribution is 7.08. The summed E-state index contributed by atoms with van der Waals surface area (Å²) in [7, 11) is 1.56. The van der Waals surface area contributed by atoms with Crippen LogP contribution in [0, 0.1) is 6.92 Å². The van der Waals surface area contributed by atoms with Gasteiger partial charge in [0, 0.05) is 17.1 Å². The number of carbonyl (C=O) groups excluding carboxylic acids is 3. The van der Waals surface area contributed by atoms with Gasteiger partial charge in [-0.15, -0.1) is 5.10 Å². The van der Waals surface area contributed by atoms with Gasteiger partial charge in [0.1, 0.15) is 16.7 Å². The average Bonchev–Trinajstić information content (AvgIpc) is 3.42. The highest BCUT2D eigenvalue weighted by atomic mass is 35.5. The summed E-state index contributed by atoms with van der Waals surface area (Å²) in [6.07, 6.45) is 0.456. The Hall–Kier alpha value is -3.50. The van der Waals surface area contributed by atoms with Crippen LogP contribution in [0.5, 0.6) is 5.75 Å². The van der Waals surface area contributed by atoms with Gasteiger partial charge in [0.05, 0.1) is 30.1 Å². The molecular weight excluding hydrogens is 478 g/mol. The van der Waals surface area contributed by atoms with Gasteiger partial charge in [-0.25, -0.2) is 0 Å². The predicted molar refractivity (Wildman–Crippen MR) is 127 cm³/mol. The Bertz CT molecular complexity index is 1330. The number of hydrogen-bond acceptors (Lipinski definition) is 7. The molecule has 2 unspecified atom stereocenters. The summed E-state index contributed by atoms with van der Waals surface area (Å²) in [5, 5.41) is 10.1. The molecule has 1 fully saturated rings. The Morgan fingerprint density at radius 3 is 2.79 bits per heavy atom. The first-order valence-electron chi connectivity index (χ1n) is 10.6. The highest BCUT2D eigenvalue weighted by Crippen LogP contribution is 2.36. The maximum atomic E-state index is 13.5. The number of fused-ring (bicyclic) bond motifs is 2. The standard InChI is InChI=1S/C23H20ClN5O4S/c1-11-20(34-28-27-11)22(31)26-17-7-8-29-19(17)21(30)25-16-5-3-12(9-15(16)23(29)32)14-10-13(24)4-6-18(14)33-2/h3-6,9-10,17,19H,7-8H2,1-2H3,(H,25,30)(H,26,31). The van der Waals surface area contributed by atoms with E-state index in [2.05, 4.69) is 20.2 Å². The van der Waals surface area contributed by atoms with E-state index in [0.29, 0.717) is 45.6 Å². The fraction of sp³-hybridized carbons (Fsp3) is 0.261. The normalized spacial score (nSPS) is 19.2. The number of carbonyl (C=O) groups is 3. The number of amides is 3. The van der Waals surface area contributed by atoms with E-state index in [1.807, 2.05) is 0 Å². The van der Waals surface area contributed by atoms with E-state index in [4.69, 9.17) is 16.3 Å². The quantitative estimate of drug-likeness (QED) is 0.572. The summed E-state index contributed by atoms with van der Waals surface area (Å²) >= 11 is 7.18. The Kier molecular flexibility index (Phi) is 5.70. The van der Waals surface area contributed by atoms with Crippen molar-refractivity contribution in [2.45, 2.75) is 25.4 Å². The van der Waals surface area contributed by atoms with E-state index >= 15 is 0 Å². The van der Waals surface area contributed by atoms with Crippen LogP contribution in [0.15, 0.2) is 36.4 Å². The molecule has 34 heavy (non-hydrogen) atoms. The van der Waals surface area contributed by atoms with Crippen molar-refractivity contribution in [3.05, 3.63) is 57.6 Å². The van der Waals surface area contributed by atoms with Gasteiger partial charge in [0.2, 0.25) is 5.91 Å². The number of aromatic nitrogens is 2. The van der Waals surface area contributed by atoms with Crippen LogP contribution in [0.1, 0.15) is 32.1 Å². The number of halogens is 1. The zero-order valence-electron chi connectivity index (χ0n) is 18.3. The number of nitrogens with one attached hydrogen (secondary N) is 2. The topological polar surface area (TPSA) is 114 Å². The Labute approximate surface area is 204 Å². The molecule has 0 saturated carbocycles. The molecule has 1 aromatic heterocycles. The molecule has 9 nitrogen and oxygen atoms in total. The van der Waals surface area contributed by atoms with Gasteiger partial charge in [-0.2, -0.15) is 0 Å². The molecule has 0 radical (unpaired) electrons. The van der Waals surface area contributed by atoms with Crippen LogP contribution in [-0.2, 0) is 4.79 Å². The molecule has 11 heteroatoms. The molecule has 0 bridgehead atoms. The van der Waals surface area contributed by atoms with Gasteiger partial charge in [-0.3, -0.25) is 14.4 Å². The van der Waals surface area contributed by atoms with E-state index in [1.54, 1.807) is 50.4 Å². The molecule has 3 amide bonds. The first-order chi connectivity index (χ1) is 16.4. The Morgan fingerprint density at radius 1 is 1.24 bits per heavy atom. The van der Waals surface area contributed by atoms with Crippen molar-refractivity contribution in [2.75, 3.05) is 19.0 Å². The van der Waals surface area contributed by atoms with E-state index in [1.165, 1.54) is 4.90 Å². The molecule has 174 valence electrons. The summed E-state index contributed by atoms with van der Waals surface area (Å²) in [4.78, 5) is 41.3.